The second-order valence-corrected chi connectivity index (χ2v) is 2.58. The van der Waals surface area contributed by atoms with Crippen molar-refractivity contribution in [3.63, 3.8) is 0 Å². The molecule has 0 amide bonds. The van der Waals surface area contributed by atoms with Crippen LogP contribution >= 0.6 is 10.2 Å². The molecule has 14 heavy (non-hydrogen) atoms. The van der Waals surface area contributed by atoms with Gasteiger partial charge in [0.05, 0.1) is 0 Å². The third-order valence-corrected chi connectivity index (χ3v) is 1.58. The Kier molecular flexibility index (Phi) is 7.49. The number of nitrogens with one attached hydrogen (secondary N) is 1. The Hall–Kier alpha value is -0.566. The van der Waals surface area contributed by atoms with E-state index in [0.717, 1.165) is 5.56 Å². The molecule has 1 aromatic rings. The number of hydrogen-bond acceptors (Lipinski definition) is 1. The number of benzene rings is 1. The molecule has 0 bridgehead atoms. The molecule has 3 nitrogen and oxygen atoms in total. The van der Waals surface area contributed by atoms with E-state index in [9.17, 15) is 4.79 Å². The minimum Gasteiger partial charge on any atom is -0.665 e. The molecular weight excluding hydrogens is 248 g/mol. The SMILES string of the molecule is [Cl][Ni].[NH-]C(Cc1ccccc1)C(=O)O. The third-order valence-electron chi connectivity index (χ3n) is 1.58. The van der Waals surface area contributed by atoms with Gasteiger partial charge >= 0.3 is 24.8 Å². The normalized spacial score (nSPS) is 11.1. The van der Waals surface area contributed by atoms with Crippen LogP contribution in [-0.4, -0.2) is 17.1 Å². The fourth-order valence-corrected chi connectivity index (χ4v) is 0.937. The summed E-state index contributed by atoms with van der Waals surface area (Å²) in [7, 11) is 4.26. The zero-order chi connectivity index (χ0) is 11.0. The van der Waals surface area contributed by atoms with E-state index in [1.807, 2.05) is 30.3 Å². The second-order valence-electron chi connectivity index (χ2n) is 2.58. The maximum absolute atomic E-state index is 10.3. The zero-order valence-corrected chi connectivity index (χ0v) is 8.96. The van der Waals surface area contributed by atoms with Gasteiger partial charge in [0.15, 0.2) is 0 Å². The Labute approximate surface area is 94.9 Å². The molecule has 0 saturated carbocycles. The van der Waals surface area contributed by atoms with E-state index in [1.54, 1.807) is 0 Å². The van der Waals surface area contributed by atoms with E-state index in [4.69, 9.17) is 10.8 Å². The molecule has 1 unspecified atom stereocenters. The van der Waals surface area contributed by atoms with Gasteiger partial charge in [-0.05, 0) is 18.0 Å². The van der Waals surface area contributed by atoms with Gasteiger partial charge in [-0.25, -0.2) is 0 Å². The van der Waals surface area contributed by atoms with Gasteiger partial charge in [-0.3, -0.25) is 4.79 Å². The fourth-order valence-electron chi connectivity index (χ4n) is 0.937. The minimum absolute atomic E-state index is 0.274. The summed E-state index contributed by atoms with van der Waals surface area (Å²) in [4.78, 5) is 10.3. The van der Waals surface area contributed by atoms with Crippen LogP contribution in [0.2, 0.25) is 0 Å². The van der Waals surface area contributed by atoms with Crippen LogP contribution in [0.4, 0.5) is 0 Å². The van der Waals surface area contributed by atoms with E-state index < -0.39 is 12.0 Å². The molecule has 0 fully saturated rings. The molecule has 5 heteroatoms. The van der Waals surface area contributed by atoms with Gasteiger partial charge in [0.25, 0.3) is 5.97 Å². The van der Waals surface area contributed by atoms with Crippen molar-refractivity contribution in [1.29, 1.82) is 0 Å². The van der Waals surface area contributed by atoms with Crippen molar-refractivity contribution in [2.75, 3.05) is 0 Å². The molecule has 0 heterocycles. The van der Waals surface area contributed by atoms with Crippen LogP contribution in [0.5, 0.6) is 0 Å². The number of rotatable bonds is 3. The Morgan fingerprint density at radius 2 is 1.93 bits per heavy atom. The van der Waals surface area contributed by atoms with E-state index in [0.29, 0.717) is 0 Å². The molecule has 0 aliphatic carbocycles. The van der Waals surface area contributed by atoms with Gasteiger partial charge in [-0.15, -0.1) is 0 Å². The van der Waals surface area contributed by atoms with E-state index in [-0.39, 0.29) is 6.42 Å². The standard InChI is InChI=1S/C9H10NO2.ClH.Ni/c10-8(9(11)12)6-7-4-2-1-3-5-7;;/h1-5,8,10H,6H2,(H,11,12);1H;/q-1;;+1/p-1. The van der Waals surface area contributed by atoms with Gasteiger partial charge in [0.2, 0.25) is 0 Å². The summed E-state index contributed by atoms with van der Waals surface area (Å²) in [6.45, 7) is 0. The quantitative estimate of drug-likeness (QED) is 0.846. The number of aliphatic carboxylic acids is 1. The summed E-state index contributed by atoms with van der Waals surface area (Å²) in [6, 6.07) is 8.14. The van der Waals surface area contributed by atoms with Crippen LogP contribution in [0.3, 0.4) is 0 Å². The van der Waals surface area contributed by atoms with Gasteiger partial charge in [0.1, 0.15) is 0 Å². The first-order valence-electron chi connectivity index (χ1n) is 3.80. The average molecular weight is 258 g/mol. The summed E-state index contributed by atoms with van der Waals surface area (Å²) in [5.74, 6) is -1.07. The van der Waals surface area contributed by atoms with Crippen molar-refractivity contribution in [2.24, 2.45) is 0 Å². The Balaban J connectivity index is 0.000000791. The van der Waals surface area contributed by atoms with Crippen molar-refractivity contribution in [3.05, 3.63) is 41.6 Å². The number of carboxylic acid groups (broad SMARTS) is 1. The van der Waals surface area contributed by atoms with Gasteiger partial charge < -0.3 is 10.8 Å². The summed E-state index contributed by atoms with van der Waals surface area (Å²) in [5, 5.41) is 8.46. The average Bonchev–Trinajstić information content (AvgIpc) is 2.22. The van der Waals surface area contributed by atoms with Crippen molar-refractivity contribution in [3.8, 4) is 0 Å². The van der Waals surface area contributed by atoms with Gasteiger partial charge in [0, 0.05) is 0 Å². The minimum atomic E-state index is -1.07. The van der Waals surface area contributed by atoms with E-state index >= 15 is 0 Å². The Morgan fingerprint density at radius 1 is 1.43 bits per heavy atom. The van der Waals surface area contributed by atoms with E-state index in [2.05, 4.69) is 24.8 Å². The molecule has 0 aliphatic heterocycles. The Bertz CT molecular complexity index is 269. The fraction of sp³-hybridized carbons (Fsp3) is 0.222. The predicted molar refractivity (Wildman–Crippen MR) is 51.7 cm³/mol. The largest absolute Gasteiger partial charge is 0.665 e. The molecule has 1 aromatic carbocycles. The summed E-state index contributed by atoms with van der Waals surface area (Å²) in [6.07, 6.45) is 0.274. The molecule has 1 rings (SSSR count). The molecule has 0 radical (unpaired) electrons. The second kappa shape index (κ2) is 7.80. The third kappa shape index (κ3) is 5.23. The van der Waals surface area contributed by atoms with E-state index in [1.165, 1.54) is 0 Å². The number of carbonyl (C=O) groups is 1. The van der Waals surface area contributed by atoms with Crippen molar-refractivity contribution in [1.82, 2.24) is 0 Å². The molecule has 2 N–H and O–H groups in total. The maximum atomic E-state index is 10.3. The molecule has 0 aliphatic rings. The molecule has 0 saturated heterocycles. The molecule has 0 spiro atoms. The van der Waals surface area contributed by atoms with Crippen LogP contribution in [0.15, 0.2) is 30.3 Å². The Morgan fingerprint density at radius 3 is 2.36 bits per heavy atom. The van der Waals surface area contributed by atoms with Crippen LogP contribution in [0, 0.1) is 0 Å². The summed E-state index contributed by atoms with van der Waals surface area (Å²) in [5.41, 5.74) is 8.05. The zero-order valence-electron chi connectivity index (χ0n) is 7.22. The molecule has 1 atom stereocenters. The molecule has 0 aromatic heterocycles. The van der Waals surface area contributed by atoms with Crippen LogP contribution in [0.25, 0.3) is 5.73 Å². The van der Waals surface area contributed by atoms with Crippen molar-refractivity contribution in [2.45, 2.75) is 12.5 Å². The van der Waals surface area contributed by atoms with Gasteiger partial charge in [-0.2, -0.15) is 0 Å². The molecular formula is C9H10ClNNiO2-. The van der Waals surface area contributed by atoms with Crippen molar-refractivity contribution < 1.29 is 24.5 Å². The predicted octanol–water partition coefficient (Wildman–Crippen LogP) is 2.42. The first-order valence-corrected chi connectivity index (χ1v) is 5.16. The number of carboxylic acids is 1. The first-order chi connectivity index (χ1) is 6.70. The number of halogens is 1. The summed E-state index contributed by atoms with van der Waals surface area (Å²) >= 11 is 3.35. The van der Waals surface area contributed by atoms with Crippen LogP contribution in [0.1, 0.15) is 5.56 Å². The van der Waals surface area contributed by atoms with Crippen LogP contribution < -0.4 is 0 Å². The van der Waals surface area contributed by atoms with Crippen LogP contribution in [-0.2, 0) is 25.8 Å². The van der Waals surface area contributed by atoms with Crippen molar-refractivity contribution >= 4 is 16.2 Å². The number of hydrogen-bond donors (Lipinski definition) is 1. The maximum Gasteiger partial charge on any atom is 0.285 e. The monoisotopic (exact) mass is 257 g/mol. The smallest absolute Gasteiger partial charge is 0.285 e. The first kappa shape index (κ1) is 13.4. The molecule has 81 valence electrons. The summed E-state index contributed by atoms with van der Waals surface area (Å²) < 4.78 is 0. The topological polar surface area (TPSA) is 61.1 Å². The van der Waals surface area contributed by atoms with Gasteiger partial charge in [-0.1, -0.05) is 30.3 Å².